The fourth-order valence-corrected chi connectivity index (χ4v) is 3.09. The summed E-state index contributed by atoms with van der Waals surface area (Å²) in [6, 6.07) is 15.0. The first kappa shape index (κ1) is 21.8. The molecule has 0 saturated heterocycles. The second-order valence-corrected chi connectivity index (χ2v) is 8.88. The molecule has 0 aliphatic heterocycles. The lowest BCUT2D eigenvalue weighted by atomic mass is 10.1. The van der Waals surface area contributed by atoms with Crippen molar-refractivity contribution in [2.24, 2.45) is 0 Å². The van der Waals surface area contributed by atoms with E-state index in [1.807, 2.05) is 0 Å². The third-order valence-corrected chi connectivity index (χ3v) is 5.65. The smallest absolute Gasteiger partial charge is 0.260 e. The van der Waals surface area contributed by atoms with Crippen LogP contribution in [-0.4, -0.2) is 40.3 Å². The molecule has 0 unspecified atom stereocenters. The molecule has 1 N–H and O–H groups in total. The molecule has 6 nitrogen and oxygen atoms in total. The van der Waals surface area contributed by atoms with Crippen LogP contribution in [0.5, 0.6) is 5.75 Å². The van der Waals surface area contributed by atoms with Crippen LogP contribution in [-0.2, 0) is 21.2 Å². The molecular formula is C21H28N2O4S. The maximum absolute atomic E-state index is 12.2. The molecular weight excluding hydrogens is 376 g/mol. The number of carbonyl (C=O) groups is 1. The predicted octanol–water partition coefficient (Wildman–Crippen LogP) is 2.91. The molecule has 7 heteroatoms. The van der Waals surface area contributed by atoms with E-state index in [-0.39, 0.29) is 5.91 Å². The van der Waals surface area contributed by atoms with Crippen LogP contribution in [0.25, 0.3) is 0 Å². The molecule has 2 aromatic rings. The summed E-state index contributed by atoms with van der Waals surface area (Å²) < 4.78 is 29.9. The van der Waals surface area contributed by atoms with E-state index in [2.05, 4.69) is 36.5 Å². The van der Waals surface area contributed by atoms with Gasteiger partial charge in [0.05, 0.1) is 11.9 Å². The summed E-state index contributed by atoms with van der Waals surface area (Å²) >= 11 is 0. The first-order valence-corrected chi connectivity index (χ1v) is 11.1. The molecule has 0 aromatic heterocycles. The zero-order chi connectivity index (χ0) is 20.7. The van der Waals surface area contributed by atoms with Crippen molar-refractivity contribution >= 4 is 21.6 Å². The number of nitrogens with one attached hydrogen (secondary N) is 1. The topological polar surface area (TPSA) is 75.7 Å². The van der Waals surface area contributed by atoms with E-state index >= 15 is 0 Å². The van der Waals surface area contributed by atoms with E-state index < -0.39 is 16.1 Å². The quantitative estimate of drug-likeness (QED) is 0.652. The minimum Gasteiger partial charge on any atom is -0.481 e. The molecule has 1 atom stereocenters. The third-order valence-electron chi connectivity index (χ3n) is 4.44. The van der Waals surface area contributed by atoms with Crippen LogP contribution >= 0.6 is 0 Å². The number of carbonyl (C=O) groups excluding carboxylic acids is 1. The van der Waals surface area contributed by atoms with Crippen LogP contribution in [0.1, 0.15) is 24.5 Å². The van der Waals surface area contributed by atoms with Gasteiger partial charge in [-0.05, 0) is 56.5 Å². The van der Waals surface area contributed by atoms with Crippen molar-refractivity contribution in [1.29, 1.82) is 0 Å². The fraction of sp³-hybridized carbons (Fsp3) is 0.381. The van der Waals surface area contributed by atoms with E-state index in [1.54, 1.807) is 31.2 Å². The van der Waals surface area contributed by atoms with Crippen LogP contribution in [0.4, 0.5) is 5.69 Å². The highest BCUT2D eigenvalue weighted by atomic mass is 32.2. The van der Waals surface area contributed by atoms with Crippen molar-refractivity contribution in [2.45, 2.75) is 32.8 Å². The zero-order valence-corrected chi connectivity index (χ0v) is 17.6. The number of anilines is 1. The summed E-state index contributed by atoms with van der Waals surface area (Å²) in [5.41, 5.74) is 3.02. The number of rotatable bonds is 9. The highest BCUT2D eigenvalue weighted by Gasteiger charge is 2.15. The van der Waals surface area contributed by atoms with Crippen molar-refractivity contribution in [3.63, 3.8) is 0 Å². The van der Waals surface area contributed by atoms with Crippen LogP contribution in [0.2, 0.25) is 0 Å². The maximum atomic E-state index is 12.2. The first-order chi connectivity index (χ1) is 13.2. The van der Waals surface area contributed by atoms with Crippen LogP contribution < -0.4 is 14.4 Å². The summed E-state index contributed by atoms with van der Waals surface area (Å²) in [6.45, 7) is 4.33. The van der Waals surface area contributed by atoms with Crippen molar-refractivity contribution in [3.8, 4) is 5.75 Å². The average molecular weight is 405 g/mol. The van der Waals surface area contributed by atoms with Crippen LogP contribution in [0, 0.1) is 6.92 Å². The van der Waals surface area contributed by atoms with Gasteiger partial charge in [0.1, 0.15) is 5.75 Å². The SMILES string of the molecule is Cc1ccc(CCCNC(=O)[C@H](C)Oc2ccc(N(C)S(C)(=O)=O)cc2)cc1. The maximum Gasteiger partial charge on any atom is 0.260 e. The van der Waals surface area contributed by atoms with Gasteiger partial charge in [0.25, 0.3) is 5.91 Å². The van der Waals surface area contributed by atoms with Gasteiger partial charge >= 0.3 is 0 Å². The normalized spacial score (nSPS) is 12.3. The molecule has 0 spiro atoms. The minimum absolute atomic E-state index is 0.179. The number of nitrogens with zero attached hydrogens (tertiary/aromatic N) is 1. The second kappa shape index (κ2) is 9.59. The lowest BCUT2D eigenvalue weighted by molar-refractivity contribution is -0.127. The molecule has 28 heavy (non-hydrogen) atoms. The van der Waals surface area contributed by atoms with E-state index in [1.165, 1.54) is 22.5 Å². The summed E-state index contributed by atoms with van der Waals surface area (Å²) in [5, 5.41) is 2.88. The van der Waals surface area contributed by atoms with E-state index in [0.717, 1.165) is 19.1 Å². The van der Waals surface area contributed by atoms with Gasteiger partial charge in [-0.2, -0.15) is 0 Å². The van der Waals surface area contributed by atoms with E-state index in [0.29, 0.717) is 18.0 Å². The van der Waals surface area contributed by atoms with Gasteiger partial charge in [-0.25, -0.2) is 8.42 Å². The number of sulfonamides is 1. The Bertz CT molecular complexity index is 878. The number of amides is 1. The fourth-order valence-electron chi connectivity index (χ4n) is 2.59. The van der Waals surface area contributed by atoms with Gasteiger partial charge in [0.15, 0.2) is 6.10 Å². The second-order valence-electron chi connectivity index (χ2n) is 6.86. The van der Waals surface area contributed by atoms with Gasteiger partial charge < -0.3 is 10.1 Å². The van der Waals surface area contributed by atoms with Crippen molar-refractivity contribution in [1.82, 2.24) is 5.32 Å². The minimum atomic E-state index is -3.31. The van der Waals surface area contributed by atoms with Crippen molar-refractivity contribution in [3.05, 3.63) is 59.7 Å². The van der Waals surface area contributed by atoms with E-state index in [4.69, 9.17) is 4.74 Å². The zero-order valence-electron chi connectivity index (χ0n) is 16.8. The van der Waals surface area contributed by atoms with Crippen LogP contribution in [0.15, 0.2) is 48.5 Å². The Balaban J connectivity index is 1.77. The summed E-state index contributed by atoms with van der Waals surface area (Å²) in [4.78, 5) is 12.2. The third kappa shape index (κ3) is 6.56. The predicted molar refractivity (Wildman–Crippen MR) is 112 cm³/mol. The highest BCUT2D eigenvalue weighted by molar-refractivity contribution is 7.92. The molecule has 0 bridgehead atoms. The molecule has 0 heterocycles. The molecule has 0 aliphatic rings. The summed E-state index contributed by atoms with van der Waals surface area (Å²) in [7, 11) is -1.83. The molecule has 0 fully saturated rings. The summed E-state index contributed by atoms with van der Waals surface area (Å²) in [5.74, 6) is 0.328. The molecule has 1 amide bonds. The monoisotopic (exact) mass is 404 g/mol. The Morgan fingerprint density at radius 3 is 2.29 bits per heavy atom. The Hall–Kier alpha value is -2.54. The van der Waals surface area contributed by atoms with Gasteiger partial charge in [0, 0.05) is 13.6 Å². The Morgan fingerprint density at radius 1 is 1.11 bits per heavy atom. The molecule has 2 aromatic carbocycles. The van der Waals surface area contributed by atoms with Gasteiger partial charge in [-0.3, -0.25) is 9.10 Å². The van der Waals surface area contributed by atoms with Crippen LogP contribution in [0.3, 0.4) is 0 Å². The first-order valence-electron chi connectivity index (χ1n) is 9.20. The number of benzene rings is 2. The number of hydrogen-bond acceptors (Lipinski definition) is 4. The molecule has 0 saturated carbocycles. The summed E-state index contributed by atoms with van der Waals surface area (Å²) in [6.07, 6.45) is 2.26. The van der Waals surface area contributed by atoms with Gasteiger partial charge in [-0.1, -0.05) is 29.8 Å². The number of aryl methyl sites for hydroxylation is 2. The largest absolute Gasteiger partial charge is 0.481 e. The number of hydrogen-bond donors (Lipinski definition) is 1. The van der Waals surface area contributed by atoms with E-state index in [9.17, 15) is 13.2 Å². The molecule has 152 valence electrons. The highest BCUT2D eigenvalue weighted by Crippen LogP contribution is 2.21. The van der Waals surface area contributed by atoms with Crippen molar-refractivity contribution in [2.75, 3.05) is 24.2 Å². The molecule has 0 aliphatic carbocycles. The van der Waals surface area contributed by atoms with Crippen molar-refractivity contribution < 1.29 is 17.9 Å². The molecule has 0 radical (unpaired) electrons. The Morgan fingerprint density at radius 2 is 1.71 bits per heavy atom. The average Bonchev–Trinajstić information content (AvgIpc) is 2.65. The lowest BCUT2D eigenvalue weighted by Crippen LogP contribution is -2.36. The Kier molecular flexibility index (Phi) is 7.45. The van der Waals surface area contributed by atoms with Gasteiger partial charge in [-0.15, -0.1) is 0 Å². The lowest BCUT2D eigenvalue weighted by Gasteiger charge is -2.18. The standard InChI is InChI=1S/C21H28N2O4S/c1-16-7-9-18(10-8-16)6-5-15-22-21(24)17(2)27-20-13-11-19(12-14-20)23(3)28(4,25)26/h7-14,17H,5-6,15H2,1-4H3,(H,22,24)/t17-/m0/s1. The number of ether oxygens (including phenoxy) is 1. The van der Waals surface area contributed by atoms with Gasteiger partial charge in [0.2, 0.25) is 10.0 Å². The Labute approximate surface area is 167 Å². The molecule has 2 rings (SSSR count).